The minimum atomic E-state index is 0.168. The zero-order valence-corrected chi connectivity index (χ0v) is 13.4. The number of nitrogens with one attached hydrogen (secondary N) is 1. The maximum absolute atomic E-state index is 11.9. The average molecular weight is 301 g/mol. The summed E-state index contributed by atoms with van der Waals surface area (Å²) in [5.41, 5.74) is 1.30. The molecule has 0 spiro atoms. The fourth-order valence-corrected chi connectivity index (χ4v) is 3.18. The van der Waals surface area contributed by atoms with Crippen LogP contribution < -0.4 is 5.32 Å². The van der Waals surface area contributed by atoms with Crippen LogP contribution >= 0.6 is 11.3 Å². The van der Waals surface area contributed by atoms with Crippen LogP contribution in [-0.4, -0.2) is 12.5 Å². The standard InChI is InChI=1S/C18H23NOS/c1-2-15(16-8-4-3-5-9-16)14-19-18(20)12-6-10-17-11-7-13-21-17/h3-5,7-9,11,13,15H,2,6,10,12,14H2,1H3,(H,19,20). The molecule has 1 aromatic heterocycles. The Morgan fingerprint density at radius 3 is 2.67 bits per heavy atom. The summed E-state index contributed by atoms with van der Waals surface area (Å²) in [5.74, 6) is 0.577. The topological polar surface area (TPSA) is 29.1 Å². The third-order valence-corrected chi connectivity index (χ3v) is 4.65. The van der Waals surface area contributed by atoms with Crippen LogP contribution in [0.4, 0.5) is 0 Å². The van der Waals surface area contributed by atoms with Gasteiger partial charge in [0.05, 0.1) is 0 Å². The van der Waals surface area contributed by atoms with Gasteiger partial charge >= 0.3 is 0 Å². The minimum Gasteiger partial charge on any atom is -0.355 e. The number of thiophene rings is 1. The number of carbonyl (C=O) groups excluding carboxylic acids is 1. The largest absolute Gasteiger partial charge is 0.355 e. The molecule has 0 bridgehead atoms. The number of benzene rings is 1. The highest BCUT2D eigenvalue weighted by atomic mass is 32.1. The van der Waals surface area contributed by atoms with E-state index in [1.807, 2.05) is 6.07 Å². The van der Waals surface area contributed by atoms with E-state index >= 15 is 0 Å². The highest BCUT2D eigenvalue weighted by Crippen LogP contribution is 2.18. The lowest BCUT2D eigenvalue weighted by Gasteiger charge is -2.16. The van der Waals surface area contributed by atoms with E-state index in [1.165, 1.54) is 10.4 Å². The van der Waals surface area contributed by atoms with E-state index in [-0.39, 0.29) is 5.91 Å². The van der Waals surface area contributed by atoms with Crippen LogP contribution in [0, 0.1) is 0 Å². The smallest absolute Gasteiger partial charge is 0.220 e. The first-order chi connectivity index (χ1) is 10.3. The van der Waals surface area contributed by atoms with Crippen molar-refractivity contribution in [1.82, 2.24) is 5.32 Å². The lowest BCUT2D eigenvalue weighted by Crippen LogP contribution is -2.28. The molecule has 0 aliphatic heterocycles. The summed E-state index contributed by atoms with van der Waals surface area (Å²) >= 11 is 1.76. The molecular weight excluding hydrogens is 278 g/mol. The van der Waals surface area contributed by atoms with Crippen LogP contribution in [-0.2, 0) is 11.2 Å². The normalized spacial score (nSPS) is 12.0. The Morgan fingerprint density at radius 2 is 2.00 bits per heavy atom. The fourth-order valence-electron chi connectivity index (χ4n) is 2.43. The van der Waals surface area contributed by atoms with Gasteiger partial charge in [0.15, 0.2) is 0 Å². The van der Waals surface area contributed by atoms with Gasteiger partial charge in [-0.2, -0.15) is 0 Å². The molecule has 2 rings (SSSR count). The molecule has 112 valence electrons. The maximum Gasteiger partial charge on any atom is 0.220 e. The highest BCUT2D eigenvalue weighted by molar-refractivity contribution is 7.09. The van der Waals surface area contributed by atoms with E-state index in [4.69, 9.17) is 0 Å². The Bertz CT molecular complexity index is 521. The second-order valence-corrected chi connectivity index (χ2v) is 6.29. The monoisotopic (exact) mass is 301 g/mol. The molecule has 1 amide bonds. The van der Waals surface area contributed by atoms with Crippen molar-refractivity contribution < 1.29 is 4.79 Å². The number of aryl methyl sites for hydroxylation is 1. The highest BCUT2D eigenvalue weighted by Gasteiger charge is 2.10. The molecule has 0 saturated carbocycles. The molecule has 0 aliphatic rings. The molecule has 0 aliphatic carbocycles. The maximum atomic E-state index is 11.9. The van der Waals surface area contributed by atoms with Gasteiger partial charge < -0.3 is 5.32 Å². The average Bonchev–Trinajstić information content (AvgIpc) is 3.02. The predicted octanol–water partition coefficient (Wildman–Crippen LogP) is 4.38. The lowest BCUT2D eigenvalue weighted by molar-refractivity contribution is -0.121. The molecule has 2 aromatic rings. The molecule has 0 radical (unpaired) electrons. The number of hydrogen-bond acceptors (Lipinski definition) is 2. The summed E-state index contributed by atoms with van der Waals surface area (Å²) in [6.07, 6.45) is 3.58. The van der Waals surface area contributed by atoms with Gasteiger partial charge in [0, 0.05) is 23.8 Å². The summed E-state index contributed by atoms with van der Waals surface area (Å²) in [6, 6.07) is 14.6. The molecule has 2 nitrogen and oxygen atoms in total. The van der Waals surface area contributed by atoms with Crippen molar-refractivity contribution in [2.75, 3.05) is 6.54 Å². The Labute approximate surface area is 131 Å². The van der Waals surface area contributed by atoms with Gasteiger partial charge in [0.25, 0.3) is 0 Å². The first kappa shape index (κ1) is 15.8. The van der Waals surface area contributed by atoms with Gasteiger partial charge in [-0.3, -0.25) is 4.79 Å². The molecule has 3 heteroatoms. The predicted molar refractivity (Wildman–Crippen MR) is 89.7 cm³/mol. The molecule has 1 aromatic carbocycles. The molecule has 0 saturated heterocycles. The van der Waals surface area contributed by atoms with E-state index in [2.05, 4.69) is 54.0 Å². The number of hydrogen-bond donors (Lipinski definition) is 1. The molecule has 1 unspecified atom stereocenters. The number of amides is 1. The SMILES string of the molecule is CCC(CNC(=O)CCCc1cccs1)c1ccccc1. The van der Waals surface area contributed by atoms with Crippen LogP contribution in [0.15, 0.2) is 47.8 Å². The lowest BCUT2D eigenvalue weighted by atomic mass is 9.96. The second-order valence-electron chi connectivity index (χ2n) is 5.25. The molecule has 1 N–H and O–H groups in total. The Balaban J connectivity index is 1.70. The molecule has 1 atom stereocenters. The Hall–Kier alpha value is -1.61. The molecule has 21 heavy (non-hydrogen) atoms. The van der Waals surface area contributed by atoms with E-state index < -0.39 is 0 Å². The van der Waals surface area contributed by atoms with Crippen molar-refractivity contribution >= 4 is 17.2 Å². The van der Waals surface area contributed by atoms with Crippen LogP contribution in [0.5, 0.6) is 0 Å². The fraction of sp³-hybridized carbons (Fsp3) is 0.389. The summed E-state index contributed by atoms with van der Waals surface area (Å²) in [6.45, 7) is 2.90. The minimum absolute atomic E-state index is 0.168. The van der Waals surface area contributed by atoms with Crippen LogP contribution in [0.2, 0.25) is 0 Å². The van der Waals surface area contributed by atoms with Gasteiger partial charge in [0.2, 0.25) is 5.91 Å². The first-order valence-electron chi connectivity index (χ1n) is 7.63. The van der Waals surface area contributed by atoms with Crippen molar-refractivity contribution in [3.63, 3.8) is 0 Å². The number of carbonyl (C=O) groups is 1. The van der Waals surface area contributed by atoms with Crippen molar-refractivity contribution in [2.24, 2.45) is 0 Å². The van der Waals surface area contributed by atoms with Crippen molar-refractivity contribution in [2.45, 2.75) is 38.5 Å². The van der Waals surface area contributed by atoms with E-state index in [0.29, 0.717) is 12.3 Å². The Morgan fingerprint density at radius 1 is 1.19 bits per heavy atom. The van der Waals surface area contributed by atoms with Gasteiger partial charge in [-0.1, -0.05) is 43.3 Å². The third kappa shape index (κ3) is 5.35. The molecule has 1 heterocycles. The summed E-state index contributed by atoms with van der Waals surface area (Å²) in [7, 11) is 0. The second kappa shape index (κ2) is 8.63. The quantitative estimate of drug-likeness (QED) is 0.770. The summed E-state index contributed by atoms with van der Waals surface area (Å²) < 4.78 is 0. The first-order valence-corrected chi connectivity index (χ1v) is 8.51. The van der Waals surface area contributed by atoms with Crippen LogP contribution in [0.1, 0.15) is 42.5 Å². The van der Waals surface area contributed by atoms with E-state index in [1.54, 1.807) is 11.3 Å². The van der Waals surface area contributed by atoms with Gasteiger partial charge in [-0.25, -0.2) is 0 Å². The molecule has 0 fully saturated rings. The van der Waals surface area contributed by atoms with Gasteiger partial charge in [-0.15, -0.1) is 11.3 Å². The van der Waals surface area contributed by atoms with Crippen LogP contribution in [0.25, 0.3) is 0 Å². The van der Waals surface area contributed by atoms with Crippen molar-refractivity contribution in [3.05, 3.63) is 58.3 Å². The summed E-state index contributed by atoms with van der Waals surface area (Å²) in [4.78, 5) is 13.3. The zero-order chi connectivity index (χ0) is 14.9. The van der Waals surface area contributed by atoms with E-state index in [9.17, 15) is 4.79 Å². The van der Waals surface area contributed by atoms with Crippen molar-refractivity contribution in [1.29, 1.82) is 0 Å². The van der Waals surface area contributed by atoms with Crippen molar-refractivity contribution in [3.8, 4) is 0 Å². The van der Waals surface area contributed by atoms with Crippen LogP contribution in [0.3, 0.4) is 0 Å². The summed E-state index contributed by atoms with van der Waals surface area (Å²) in [5, 5.41) is 5.16. The van der Waals surface area contributed by atoms with E-state index in [0.717, 1.165) is 25.8 Å². The van der Waals surface area contributed by atoms with Gasteiger partial charge in [0.1, 0.15) is 0 Å². The molecular formula is C18H23NOS. The third-order valence-electron chi connectivity index (χ3n) is 3.72. The van der Waals surface area contributed by atoms with Gasteiger partial charge in [-0.05, 0) is 36.3 Å². The Kier molecular flexibility index (Phi) is 6.48. The zero-order valence-electron chi connectivity index (χ0n) is 12.5. The number of rotatable bonds is 8.